The molecule has 3 rings (SSSR count). The van der Waals surface area contributed by atoms with Gasteiger partial charge < -0.3 is 0 Å². The van der Waals surface area contributed by atoms with Crippen LogP contribution in [0.5, 0.6) is 0 Å². The third-order valence-electron chi connectivity index (χ3n) is 4.06. The highest BCUT2D eigenvalue weighted by Crippen LogP contribution is 2.27. The van der Waals surface area contributed by atoms with Gasteiger partial charge in [0.25, 0.3) is 5.56 Å². The highest BCUT2D eigenvalue weighted by atomic mass is 32.2. The zero-order valence-electron chi connectivity index (χ0n) is 15.6. The lowest BCUT2D eigenvalue weighted by molar-refractivity contribution is 0.548. The quantitative estimate of drug-likeness (QED) is 0.658. The monoisotopic (exact) mass is 422 g/mol. The molecule has 0 radical (unpaired) electrons. The van der Waals surface area contributed by atoms with Crippen molar-refractivity contribution in [2.75, 3.05) is 6.54 Å². The van der Waals surface area contributed by atoms with Gasteiger partial charge in [0.05, 0.1) is 27.0 Å². The molecule has 148 valence electrons. The van der Waals surface area contributed by atoms with Gasteiger partial charge in [0.15, 0.2) is 0 Å². The SMILES string of the molecule is Cc1nc(C)c(-c2ccc(=O)n(CCNS(=O)(=O)c3ccc(F)c(C)c3)n2)s1. The summed E-state index contributed by atoms with van der Waals surface area (Å²) in [6.07, 6.45) is 0. The summed E-state index contributed by atoms with van der Waals surface area (Å²) in [4.78, 5) is 17.3. The summed E-state index contributed by atoms with van der Waals surface area (Å²) in [5.41, 5.74) is 1.34. The number of nitrogens with one attached hydrogen (secondary N) is 1. The van der Waals surface area contributed by atoms with Crippen LogP contribution >= 0.6 is 11.3 Å². The van der Waals surface area contributed by atoms with Crippen molar-refractivity contribution in [2.45, 2.75) is 32.2 Å². The van der Waals surface area contributed by atoms with Crippen molar-refractivity contribution in [3.63, 3.8) is 0 Å². The number of hydrogen-bond acceptors (Lipinski definition) is 6. The van der Waals surface area contributed by atoms with Gasteiger partial charge in [0.1, 0.15) is 11.5 Å². The second-order valence-corrected chi connectivity index (χ2v) is 9.21. The molecule has 0 saturated heterocycles. The first kappa shape index (κ1) is 20.3. The molecule has 3 aromatic rings. The van der Waals surface area contributed by atoms with Crippen molar-refractivity contribution < 1.29 is 12.8 Å². The Morgan fingerprint density at radius 1 is 1.18 bits per heavy atom. The highest BCUT2D eigenvalue weighted by Gasteiger charge is 2.15. The molecular formula is C18H19FN4O3S2. The summed E-state index contributed by atoms with van der Waals surface area (Å²) in [5, 5.41) is 5.22. The molecule has 0 aliphatic heterocycles. The molecule has 0 aliphatic carbocycles. The molecule has 28 heavy (non-hydrogen) atoms. The molecule has 0 unspecified atom stereocenters. The first-order valence-electron chi connectivity index (χ1n) is 8.46. The normalized spacial score (nSPS) is 11.7. The van der Waals surface area contributed by atoms with Crippen molar-refractivity contribution in [3.05, 3.63) is 62.8 Å². The first-order chi connectivity index (χ1) is 13.2. The maximum absolute atomic E-state index is 13.3. The Morgan fingerprint density at radius 2 is 1.93 bits per heavy atom. The van der Waals surface area contributed by atoms with Crippen LogP contribution in [0.1, 0.15) is 16.3 Å². The minimum Gasteiger partial charge on any atom is -0.268 e. The van der Waals surface area contributed by atoms with Gasteiger partial charge in [-0.1, -0.05) is 0 Å². The number of benzene rings is 1. The number of sulfonamides is 1. The molecule has 1 aromatic carbocycles. The van der Waals surface area contributed by atoms with Crippen LogP contribution < -0.4 is 10.3 Å². The van der Waals surface area contributed by atoms with E-state index in [4.69, 9.17) is 0 Å². The average Bonchev–Trinajstić information content (AvgIpc) is 2.97. The lowest BCUT2D eigenvalue weighted by Crippen LogP contribution is -2.32. The van der Waals surface area contributed by atoms with E-state index in [2.05, 4.69) is 14.8 Å². The van der Waals surface area contributed by atoms with Crippen molar-refractivity contribution in [2.24, 2.45) is 0 Å². The number of nitrogens with zero attached hydrogens (tertiary/aromatic N) is 3. The number of aromatic nitrogens is 3. The molecule has 1 N–H and O–H groups in total. The van der Waals surface area contributed by atoms with E-state index >= 15 is 0 Å². The van der Waals surface area contributed by atoms with Crippen LogP contribution in [-0.4, -0.2) is 29.7 Å². The molecule has 10 heteroatoms. The molecule has 0 bridgehead atoms. The van der Waals surface area contributed by atoms with Crippen LogP contribution in [0.25, 0.3) is 10.6 Å². The van der Waals surface area contributed by atoms with Crippen molar-refractivity contribution in [3.8, 4) is 10.6 Å². The number of aryl methyl sites for hydroxylation is 3. The highest BCUT2D eigenvalue weighted by molar-refractivity contribution is 7.89. The molecule has 0 amide bonds. The topological polar surface area (TPSA) is 94.0 Å². The van der Waals surface area contributed by atoms with E-state index in [0.29, 0.717) is 5.69 Å². The van der Waals surface area contributed by atoms with E-state index in [-0.39, 0.29) is 29.1 Å². The third kappa shape index (κ3) is 4.34. The number of halogens is 1. The Balaban J connectivity index is 1.75. The molecule has 2 aromatic heterocycles. The third-order valence-corrected chi connectivity index (χ3v) is 6.61. The van der Waals surface area contributed by atoms with Gasteiger partial charge in [-0.15, -0.1) is 11.3 Å². The van der Waals surface area contributed by atoms with Crippen LogP contribution in [0.3, 0.4) is 0 Å². The average molecular weight is 423 g/mol. The Hall–Kier alpha value is -2.43. The summed E-state index contributed by atoms with van der Waals surface area (Å²) >= 11 is 1.48. The number of thiazole rings is 1. The molecule has 0 saturated carbocycles. The van der Waals surface area contributed by atoms with Gasteiger partial charge in [-0.05, 0) is 50.6 Å². The summed E-state index contributed by atoms with van der Waals surface area (Å²) in [6, 6.07) is 6.60. The molecule has 0 aliphatic rings. The molecule has 0 atom stereocenters. The van der Waals surface area contributed by atoms with Gasteiger partial charge >= 0.3 is 0 Å². The Kier molecular flexibility index (Phi) is 5.73. The van der Waals surface area contributed by atoms with E-state index in [0.717, 1.165) is 21.6 Å². The van der Waals surface area contributed by atoms with E-state index in [1.165, 1.54) is 41.1 Å². The number of hydrogen-bond donors (Lipinski definition) is 1. The minimum absolute atomic E-state index is 0.0313. The maximum Gasteiger partial charge on any atom is 0.266 e. The summed E-state index contributed by atoms with van der Waals surface area (Å²) in [5.74, 6) is -0.472. The zero-order chi connectivity index (χ0) is 20.5. The Bertz CT molecular complexity index is 1190. The van der Waals surface area contributed by atoms with E-state index in [9.17, 15) is 17.6 Å². The summed E-state index contributed by atoms with van der Waals surface area (Å²) in [6.45, 7) is 5.28. The molecule has 0 fully saturated rings. The largest absolute Gasteiger partial charge is 0.268 e. The lowest BCUT2D eigenvalue weighted by Gasteiger charge is -2.09. The van der Waals surface area contributed by atoms with E-state index < -0.39 is 15.8 Å². The van der Waals surface area contributed by atoms with Crippen molar-refractivity contribution in [1.29, 1.82) is 0 Å². The van der Waals surface area contributed by atoms with Crippen LogP contribution in [0.2, 0.25) is 0 Å². The molecule has 2 heterocycles. The Morgan fingerprint density at radius 3 is 2.57 bits per heavy atom. The second kappa shape index (κ2) is 7.90. The predicted molar refractivity (Wildman–Crippen MR) is 105 cm³/mol. The fraction of sp³-hybridized carbons (Fsp3) is 0.278. The van der Waals surface area contributed by atoms with E-state index in [1.807, 2.05) is 13.8 Å². The summed E-state index contributed by atoms with van der Waals surface area (Å²) < 4.78 is 41.7. The maximum atomic E-state index is 13.3. The van der Waals surface area contributed by atoms with Crippen LogP contribution in [-0.2, 0) is 16.6 Å². The minimum atomic E-state index is -3.82. The van der Waals surface area contributed by atoms with Crippen molar-refractivity contribution in [1.82, 2.24) is 19.5 Å². The van der Waals surface area contributed by atoms with Crippen LogP contribution in [0, 0.1) is 26.6 Å². The van der Waals surface area contributed by atoms with Gasteiger partial charge in [-0.25, -0.2) is 27.2 Å². The molecular weight excluding hydrogens is 403 g/mol. The fourth-order valence-electron chi connectivity index (χ4n) is 2.65. The van der Waals surface area contributed by atoms with Crippen LogP contribution in [0.4, 0.5) is 4.39 Å². The van der Waals surface area contributed by atoms with Crippen LogP contribution in [0.15, 0.2) is 40.0 Å². The standard InChI is InChI=1S/C18H19FN4O3S2/c1-11-10-14(4-5-15(11)19)28(25,26)20-8-9-23-17(24)7-6-16(22-23)18-12(2)21-13(3)27-18/h4-7,10,20H,8-9H2,1-3H3. The fourth-order valence-corrected chi connectivity index (χ4v) is 4.64. The summed E-state index contributed by atoms with van der Waals surface area (Å²) in [7, 11) is -3.82. The lowest BCUT2D eigenvalue weighted by atomic mass is 10.2. The molecule has 0 spiro atoms. The van der Waals surface area contributed by atoms with Crippen molar-refractivity contribution >= 4 is 21.4 Å². The van der Waals surface area contributed by atoms with Gasteiger partial charge in [-0.3, -0.25) is 4.79 Å². The van der Waals surface area contributed by atoms with Gasteiger partial charge in [-0.2, -0.15) is 5.10 Å². The zero-order valence-corrected chi connectivity index (χ0v) is 17.2. The van der Waals surface area contributed by atoms with E-state index in [1.54, 1.807) is 6.07 Å². The number of rotatable bonds is 6. The van der Waals surface area contributed by atoms with Gasteiger partial charge in [0, 0.05) is 12.6 Å². The second-order valence-electron chi connectivity index (χ2n) is 6.24. The molecule has 7 nitrogen and oxygen atoms in total. The van der Waals surface area contributed by atoms with Gasteiger partial charge in [0.2, 0.25) is 10.0 Å². The smallest absolute Gasteiger partial charge is 0.266 e. The first-order valence-corrected chi connectivity index (χ1v) is 10.8. The predicted octanol–water partition coefficient (Wildman–Crippen LogP) is 2.41. The Labute approximate surface area is 165 Å².